The van der Waals surface area contributed by atoms with Crippen LogP contribution < -0.4 is 10.6 Å². The monoisotopic (exact) mass is 310 g/mol. The highest BCUT2D eigenvalue weighted by Gasteiger charge is 2.04. The largest absolute Gasteiger partial charge is 0.389 e. The fourth-order valence-corrected chi connectivity index (χ4v) is 2.47. The van der Waals surface area contributed by atoms with E-state index in [2.05, 4.69) is 16.9 Å². The van der Waals surface area contributed by atoms with Crippen LogP contribution in [0.3, 0.4) is 0 Å². The number of aliphatic hydroxyl groups excluding tert-OH is 1. The van der Waals surface area contributed by atoms with Gasteiger partial charge in [0.05, 0.1) is 6.10 Å². The molecule has 21 heavy (non-hydrogen) atoms. The van der Waals surface area contributed by atoms with Crippen molar-refractivity contribution in [3.63, 3.8) is 0 Å². The molecule has 0 radical (unpaired) electrons. The number of benzene rings is 1. The molecule has 0 aliphatic heterocycles. The first-order valence-electron chi connectivity index (χ1n) is 7.45. The van der Waals surface area contributed by atoms with Gasteiger partial charge in [-0.3, -0.25) is 0 Å². The van der Waals surface area contributed by atoms with Crippen LogP contribution in [-0.4, -0.2) is 29.7 Å². The predicted molar refractivity (Wildman–Crippen MR) is 90.9 cm³/mol. The minimum Gasteiger partial charge on any atom is -0.389 e. The van der Waals surface area contributed by atoms with Gasteiger partial charge in [-0.1, -0.05) is 25.0 Å². The average Bonchev–Trinajstić information content (AvgIpc) is 2.46. The number of carbonyl (C=O) groups is 1. The Morgan fingerprint density at radius 1 is 1.29 bits per heavy atom. The van der Waals surface area contributed by atoms with E-state index in [9.17, 15) is 9.90 Å². The van der Waals surface area contributed by atoms with Crippen LogP contribution in [-0.2, 0) is 0 Å². The Balaban J connectivity index is 2.20. The van der Waals surface area contributed by atoms with Crippen molar-refractivity contribution >= 4 is 23.5 Å². The Morgan fingerprint density at radius 2 is 2.05 bits per heavy atom. The van der Waals surface area contributed by atoms with E-state index in [1.807, 2.05) is 30.0 Å². The maximum atomic E-state index is 11.7. The third-order valence-electron chi connectivity index (χ3n) is 3.19. The molecule has 0 aromatic heterocycles. The predicted octanol–water partition coefficient (Wildman–Crippen LogP) is 3.78. The molecule has 0 bridgehead atoms. The molecule has 1 rings (SSSR count). The number of hydrogen-bond donors (Lipinski definition) is 3. The first kappa shape index (κ1) is 17.9. The molecule has 1 atom stereocenters. The highest BCUT2D eigenvalue weighted by atomic mass is 32.2. The number of unbranched alkanes of at least 4 members (excludes halogenated alkanes) is 3. The summed E-state index contributed by atoms with van der Waals surface area (Å²) >= 11 is 1.88. The molecule has 5 heteroatoms. The average molecular weight is 310 g/mol. The standard InChI is InChI=1S/C16H26N2O2S/c1-13(19)14-8-7-9-15(12-14)18-16(20)17-10-5-3-4-6-11-21-2/h7-9,12-13,19H,3-6,10-11H2,1-2H3,(H2,17,18,20). The summed E-state index contributed by atoms with van der Waals surface area (Å²) in [6.07, 6.45) is 6.22. The van der Waals surface area contributed by atoms with Crippen molar-refractivity contribution in [3.8, 4) is 0 Å². The van der Waals surface area contributed by atoms with Gasteiger partial charge in [0.2, 0.25) is 0 Å². The van der Waals surface area contributed by atoms with Crippen LogP contribution in [0.5, 0.6) is 0 Å². The van der Waals surface area contributed by atoms with Gasteiger partial charge in [0.25, 0.3) is 0 Å². The molecule has 2 amide bonds. The quantitative estimate of drug-likeness (QED) is 0.608. The van der Waals surface area contributed by atoms with Gasteiger partial charge in [-0.15, -0.1) is 0 Å². The zero-order chi connectivity index (χ0) is 15.5. The van der Waals surface area contributed by atoms with E-state index in [0.717, 1.165) is 18.4 Å². The van der Waals surface area contributed by atoms with Crippen LogP contribution in [0, 0.1) is 0 Å². The maximum Gasteiger partial charge on any atom is 0.319 e. The first-order chi connectivity index (χ1) is 10.1. The number of aliphatic hydroxyl groups is 1. The van der Waals surface area contributed by atoms with E-state index in [1.54, 1.807) is 13.0 Å². The van der Waals surface area contributed by atoms with E-state index in [4.69, 9.17) is 0 Å². The Hall–Kier alpha value is -1.20. The molecule has 0 saturated heterocycles. The summed E-state index contributed by atoms with van der Waals surface area (Å²) in [6, 6.07) is 7.06. The highest BCUT2D eigenvalue weighted by molar-refractivity contribution is 7.98. The summed E-state index contributed by atoms with van der Waals surface area (Å²) in [5.41, 5.74) is 1.49. The Morgan fingerprint density at radius 3 is 2.76 bits per heavy atom. The smallest absolute Gasteiger partial charge is 0.319 e. The molecular weight excluding hydrogens is 284 g/mol. The maximum absolute atomic E-state index is 11.7. The Bertz CT molecular complexity index is 424. The van der Waals surface area contributed by atoms with Crippen molar-refractivity contribution in [1.29, 1.82) is 0 Å². The third-order valence-corrected chi connectivity index (χ3v) is 3.88. The van der Waals surface area contributed by atoms with E-state index >= 15 is 0 Å². The minimum atomic E-state index is -0.531. The lowest BCUT2D eigenvalue weighted by Crippen LogP contribution is -2.29. The second kappa shape index (κ2) is 10.5. The highest BCUT2D eigenvalue weighted by Crippen LogP contribution is 2.16. The van der Waals surface area contributed by atoms with Crippen molar-refractivity contribution in [3.05, 3.63) is 29.8 Å². The van der Waals surface area contributed by atoms with Crippen LogP contribution in [0.1, 0.15) is 44.3 Å². The van der Waals surface area contributed by atoms with Gasteiger partial charge < -0.3 is 15.7 Å². The lowest BCUT2D eigenvalue weighted by Gasteiger charge is -2.10. The van der Waals surface area contributed by atoms with E-state index < -0.39 is 6.10 Å². The number of carbonyl (C=O) groups excluding carboxylic acids is 1. The van der Waals surface area contributed by atoms with Crippen molar-refractivity contribution in [2.45, 2.75) is 38.7 Å². The molecule has 3 N–H and O–H groups in total. The fraction of sp³-hybridized carbons (Fsp3) is 0.562. The molecule has 4 nitrogen and oxygen atoms in total. The van der Waals surface area contributed by atoms with Gasteiger partial charge in [0.15, 0.2) is 0 Å². The zero-order valence-electron chi connectivity index (χ0n) is 12.9. The Labute approximate surface area is 131 Å². The van der Waals surface area contributed by atoms with Crippen molar-refractivity contribution in [2.24, 2.45) is 0 Å². The van der Waals surface area contributed by atoms with Gasteiger partial charge in [0, 0.05) is 12.2 Å². The fourth-order valence-electron chi connectivity index (χ4n) is 1.98. The molecule has 1 unspecified atom stereocenters. The topological polar surface area (TPSA) is 61.4 Å². The summed E-state index contributed by atoms with van der Waals surface area (Å²) in [4.78, 5) is 11.7. The van der Waals surface area contributed by atoms with Gasteiger partial charge in [-0.05, 0) is 49.5 Å². The van der Waals surface area contributed by atoms with E-state index in [0.29, 0.717) is 12.2 Å². The molecule has 0 saturated carbocycles. The first-order valence-corrected chi connectivity index (χ1v) is 8.84. The number of thioether (sulfide) groups is 1. The van der Waals surface area contributed by atoms with E-state index in [-0.39, 0.29) is 6.03 Å². The summed E-state index contributed by atoms with van der Waals surface area (Å²) in [5.74, 6) is 1.22. The van der Waals surface area contributed by atoms with Crippen LogP contribution >= 0.6 is 11.8 Å². The lowest BCUT2D eigenvalue weighted by molar-refractivity contribution is 0.199. The van der Waals surface area contributed by atoms with Crippen LogP contribution in [0.2, 0.25) is 0 Å². The van der Waals surface area contributed by atoms with Gasteiger partial charge >= 0.3 is 6.03 Å². The molecule has 0 aliphatic rings. The molecule has 0 spiro atoms. The number of rotatable bonds is 9. The summed E-state index contributed by atoms with van der Waals surface area (Å²) in [6.45, 7) is 2.40. The molecule has 1 aromatic carbocycles. The SMILES string of the molecule is CSCCCCCCNC(=O)Nc1cccc(C(C)O)c1. The second-order valence-corrected chi connectivity index (χ2v) is 6.07. The number of anilines is 1. The minimum absolute atomic E-state index is 0.193. The Kier molecular flexibility index (Phi) is 8.94. The van der Waals surface area contributed by atoms with Gasteiger partial charge in [-0.2, -0.15) is 11.8 Å². The molecule has 118 valence electrons. The zero-order valence-corrected chi connectivity index (χ0v) is 13.7. The second-order valence-electron chi connectivity index (χ2n) is 5.09. The summed E-state index contributed by atoms with van der Waals surface area (Å²) in [5, 5.41) is 15.2. The van der Waals surface area contributed by atoms with Crippen LogP contribution in [0.15, 0.2) is 24.3 Å². The van der Waals surface area contributed by atoms with Gasteiger partial charge in [-0.25, -0.2) is 4.79 Å². The van der Waals surface area contributed by atoms with Crippen molar-refractivity contribution < 1.29 is 9.90 Å². The third kappa shape index (κ3) is 7.97. The molecule has 0 fully saturated rings. The van der Waals surface area contributed by atoms with Crippen LogP contribution in [0.4, 0.5) is 10.5 Å². The number of urea groups is 1. The summed E-state index contributed by atoms with van der Waals surface area (Å²) < 4.78 is 0. The van der Waals surface area contributed by atoms with Gasteiger partial charge in [0.1, 0.15) is 0 Å². The number of nitrogens with one attached hydrogen (secondary N) is 2. The summed E-state index contributed by atoms with van der Waals surface area (Å²) in [7, 11) is 0. The molecule has 1 aromatic rings. The lowest BCUT2D eigenvalue weighted by atomic mass is 10.1. The van der Waals surface area contributed by atoms with Crippen molar-refractivity contribution in [1.82, 2.24) is 5.32 Å². The molecular formula is C16H26N2O2S. The normalized spacial score (nSPS) is 12.0. The van der Waals surface area contributed by atoms with Crippen LogP contribution in [0.25, 0.3) is 0 Å². The number of amides is 2. The number of hydrogen-bond acceptors (Lipinski definition) is 3. The van der Waals surface area contributed by atoms with Crippen molar-refractivity contribution in [2.75, 3.05) is 23.9 Å². The molecule has 0 aliphatic carbocycles. The van der Waals surface area contributed by atoms with E-state index in [1.165, 1.54) is 18.6 Å². The molecule has 0 heterocycles.